The van der Waals surface area contributed by atoms with E-state index in [1.807, 2.05) is 18.2 Å². The fraction of sp³-hybridized carbons (Fsp3) is 0.333. The fourth-order valence-corrected chi connectivity index (χ4v) is 4.46. The lowest BCUT2D eigenvalue weighted by Crippen LogP contribution is -2.30. The van der Waals surface area contributed by atoms with Crippen LogP contribution in [0.25, 0.3) is 0 Å². The van der Waals surface area contributed by atoms with Crippen molar-refractivity contribution in [2.24, 2.45) is 0 Å². The van der Waals surface area contributed by atoms with E-state index in [2.05, 4.69) is 15.7 Å². The smallest absolute Gasteiger partial charge is 0.184 e. The third kappa shape index (κ3) is 4.19. The number of nitrogens with zero attached hydrogens (tertiary/aromatic N) is 1. The molecule has 6 heteroatoms. The summed E-state index contributed by atoms with van der Waals surface area (Å²) in [5.74, 6) is 0. The van der Waals surface area contributed by atoms with Crippen molar-refractivity contribution in [2.45, 2.75) is 29.1 Å². The predicted molar refractivity (Wildman–Crippen MR) is 101 cm³/mol. The van der Waals surface area contributed by atoms with Gasteiger partial charge in [0.2, 0.25) is 0 Å². The van der Waals surface area contributed by atoms with Gasteiger partial charge in [-0.05, 0) is 54.7 Å². The number of anilines is 2. The molecule has 2 aromatic carbocycles. The number of piperidine rings is 1. The molecule has 0 bridgehead atoms. The first kappa shape index (κ1) is 17.5. The first-order valence-corrected chi connectivity index (χ1v) is 10.8. The van der Waals surface area contributed by atoms with Crippen molar-refractivity contribution in [3.8, 4) is 0 Å². The topological polar surface area (TPSA) is 61.4 Å². The third-order valence-corrected chi connectivity index (χ3v) is 6.16. The number of benzene rings is 2. The monoisotopic (exact) mass is 362 g/mol. The maximum atomic E-state index is 12.7. The van der Waals surface area contributed by atoms with Crippen molar-refractivity contribution in [3.05, 3.63) is 48.5 Å². The van der Waals surface area contributed by atoms with Crippen LogP contribution in [0, 0.1) is 0 Å². The van der Waals surface area contributed by atoms with Crippen LogP contribution in [0.5, 0.6) is 0 Å². The average Bonchev–Trinajstić information content (AvgIpc) is 2.63. The van der Waals surface area contributed by atoms with Crippen LogP contribution in [0.2, 0.25) is 0 Å². The highest BCUT2D eigenvalue weighted by atomic mass is 32.2. The van der Waals surface area contributed by atoms with Gasteiger partial charge in [-0.25, -0.2) is 4.72 Å². The van der Waals surface area contributed by atoms with Crippen molar-refractivity contribution in [3.63, 3.8) is 0 Å². The number of rotatable bonds is 5. The standard InChI is InChI=1S/C18H22N2O2S2/c1-23(21)15-8-7-9-16(14-15)24(22)19-17-10-3-4-11-18(17)20-12-5-2-6-13-20/h3-4,7-11,14,19H,2,5-6,12-13H2,1H3. The van der Waals surface area contributed by atoms with E-state index in [1.54, 1.807) is 30.5 Å². The van der Waals surface area contributed by atoms with E-state index in [0.717, 1.165) is 24.5 Å². The van der Waals surface area contributed by atoms with E-state index in [0.29, 0.717) is 9.79 Å². The van der Waals surface area contributed by atoms with E-state index in [9.17, 15) is 9.11 Å². The molecule has 3 rings (SSSR count). The Hall–Kier alpha value is -1.34. The molecule has 24 heavy (non-hydrogen) atoms. The zero-order valence-electron chi connectivity index (χ0n) is 13.7. The summed E-state index contributed by atoms with van der Waals surface area (Å²) in [6, 6.07) is 15.1. The van der Waals surface area contributed by atoms with Crippen LogP contribution in [-0.4, -0.2) is 28.5 Å². The lowest BCUT2D eigenvalue weighted by Gasteiger charge is -2.30. The van der Waals surface area contributed by atoms with Crippen LogP contribution in [0.4, 0.5) is 11.4 Å². The molecule has 0 spiro atoms. The van der Waals surface area contributed by atoms with Crippen LogP contribution < -0.4 is 9.62 Å². The lowest BCUT2D eigenvalue weighted by atomic mass is 10.1. The van der Waals surface area contributed by atoms with Gasteiger partial charge in [0, 0.05) is 13.1 Å². The highest BCUT2D eigenvalue weighted by Gasteiger charge is 2.19. The Balaban J connectivity index is 1.79. The summed E-state index contributed by atoms with van der Waals surface area (Å²) in [5.41, 5.74) is 1.97. The molecule has 1 aliphatic rings. The third-order valence-electron chi connectivity index (χ3n) is 4.15. The minimum Gasteiger partial charge on any atom is -0.612 e. The number of para-hydroxylation sites is 2. The molecule has 1 fully saturated rings. The van der Waals surface area contributed by atoms with Gasteiger partial charge in [-0.1, -0.05) is 18.2 Å². The normalized spacial score (nSPS) is 17.4. The Bertz CT molecular complexity index is 676. The van der Waals surface area contributed by atoms with Crippen molar-refractivity contribution in [2.75, 3.05) is 29.0 Å². The molecule has 0 aliphatic carbocycles. The lowest BCUT2D eigenvalue weighted by molar-refractivity contribution is 0.578. The van der Waals surface area contributed by atoms with Gasteiger partial charge in [-0.3, -0.25) is 0 Å². The SMILES string of the molecule is C[S+]([O-])c1cccc([S+]([O-])Nc2ccccc2N2CCCCC2)c1. The molecule has 2 unspecified atom stereocenters. The van der Waals surface area contributed by atoms with Crippen LogP contribution in [-0.2, 0) is 22.5 Å². The molecule has 1 heterocycles. The first-order chi connectivity index (χ1) is 11.6. The van der Waals surface area contributed by atoms with Crippen molar-refractivity contribution in [1.29, 1.82) is 0 Å². The van der Waals surface area contributed by atoms with Crippen LogP contribution in [0.3, 0.4) is 0 Å². The second-order valence-corrected chi connectivity index (χ2v) is 8.46. The predicted octanol–water partition coefficient (Wildman–Crippen LogP) is 3.55. The van der Waals surface area contributed by atoms with E-state index >= 15 is 0 Å². The van der Waals surface area contributed by atoms with Crippen LogP contribution in [0.15, 0.2) is 58.3 Å². The highest BCUT2D eigenvalue weighted by molar-refractivity contribution is 7.93. The summed E-state index contributed by atoms with van der Waals surface area (Å²) in [7, 11) is 0. The molecule has 2 atom stereocenters. The van der Waals surface area contributed by atoms with Gasteiger partial charge in [0.05, 0.1) is 11.8 Å². The molecule has 2 aromatic rings. The van der Waals surface area contributed by atoms with E-state index in [4.69, 9.17) is 0 Å². The molecular formula is C18H22N2O2S2. The van der Waals surface area contributed by atoms with Gasteiger partial charge in [0.1, 0.15) is 23.3 Å². The van der Waals surface area contributed by atoms with Gasteiger partial charge in [0.25, 0.3) is 0 Å². The van der Waals surface area contributed by atoms with E-state index in [1.165, 1.54) is 19.3 Å². The van der Waals surface area contributed by atoms with E-state index in [-0.39, 0.29) is 0 Å². The summed E-state index contributed by atoms with van der Waals surface area (Å²) >= 11 is -2.47. The Labute approximate surface area is 149 Å². The highest BCUT2D eigenvalue weighted by Crippen LogP contribution is 2.30. The molecule has 1 N–H and O–H groups in total. The molecule has 1 aliphatic heterocycles. The Kier molecular flexibility index (Phi) is 5.94. The second kappa shape index (κ2) is 8.16. The van der Waals surface area contributed by atoms with Crippen molar-refractivity contribution < 1.29 is 9.11 Å². The molecule has 0 radical (unpaired) electrons. The summed E-state index contributed by atoms with van der Waals surface area (Å²) in [6.07, 6.45) is 5.30. The molecule has 0 saturated carbocycles. The van der Waals surface area contributed by atoms with Gasteiger partial charge in [-0.2, -0.15) is 0 Å². The van der Waals surface area contributed by atoms with E-state index < -0.39 is 22.5 Å². The maximum Gasteiger partial charge on any atom is 0.184 e. The molecule has 0 amide bonds. The summed E-state index contributed by atoms with van der Waals surface area (Å²) in [4.78, 5) is 3.67. The zero-order valence-corrected chi connectivity index (χ0v) is 15.4. The average molecular weight is 363 g/mol. The maximum absolute atomic E-state index is 12.7. The summed E-state index contributed by atoms with van der Waals surface area (Å²) in [6.45, 7) is 2.07. The summed E-state index contributed by atoms with van der Waals surface area (Å²) < 4.78 is 27.5. The summed E-state index contributed by atoms with van der Waals surface area (Å²) in [5, 5.41) is 0. The van der Waals surface area contributed by atoms with Crippen LogP contribution >= 0.6 is 0 Å². The largest absolute Gasteiger partial charge is 0.612 e. The zero-order chi connectivity index (χ0) is 16.9. The fourth-order valence-electron chi connectivity index (χ4n) is 2.90. The van der Waals surface area contributed by atoms with Crippen molar-refractivity contribution in [1.82, 2.24) is 0 Å². The molecule has 1 saturated heterocycles. The molecular weight excluding hydrogens is 340 g/mol. The second-order valence-electron chi connectivity index (χ2n) is 5.86. The molecule has 0 aromatic heterocycles. The van der Waals surface area contributed by atoms with Gasteiger partial charge >= 0.3 is 0 Å². The Morgan fingerprint density at radius 1 is 0.917 bits per heavy atom. The van der Waals surface area contributed by atoms with Crippen molar-refractivity contribution >= 4 is 33.9 Å². The van der Waals surface area contributed by atoms with Gasteiger partial charge in [-0.15, -0.1) is 0 Å². The number of hydrogen-bond donors (Lipinski definition) is 1. The Morgan fingerprint density at radius 2 is 1.62 bits per heavy atom. The quantitative estimate of drug-likeness (QED) is 0.826. The van der Waals surface area contributed by atoms with Crippen LogP contribution in [0.1, 0.15) is 19.3 Å². The van der Waals surface area contributed by atoms with Gasteiger partial charge in [0.15, 0.2) is 9.79 Å². The first-order valence-electron chi connectivity index (χ1n) is 8.11. The number of nitrogens with one attached hydrogen (secondary N) is 1. The van der Waals surface area contributed by atoms with Gasteiger partial charge < -0.3 is 14.0 Å². The minimum atomic E-state index is -1.39. The Morgan fingerprint density at radius 3 is 2.38 bits per heavy atom. The minimum absolute atomic E-state index is 0.635. The molecule has 4 nitrogen and oxygen atoms in total. The molecule has 128 valence electrons. The number of hydrogen-bond acceptors (Lipinski definition) is 4.